The molecule has 40 heavy (non-hydrogen) atoms. The highest BCUT2D eigenvalue weighted by Gasteiger charge is 2.08. The summed E-state index contributed by atoms with van der Waals surface area (Å²) in [6.07, 6.45) is 35.4. The van der Waals surface area contributed by atoms with E-state index in [1.165, 1.54) is 154 Å². The number of aliphatic hydroxyl groups excluding tert-OH is 1. The molecule has 1 N–H and O–H groups in total. The average molecular weight is 569 g/mol. The van der Waals surface area contributed by atoms with Crippen molar-refractivity contribution in [3.8, 4) is 0 Å². The second kappa shape index (κ2) is 33.4. The fraction of sp³-hybridized carbons (Fsp3) is 1.00. The summed E-state index contributed by atoms with van der Waals surface area (Å²) < 4.78 is 11.7. The molecule has 3 heteroatoms. The van der Waals surface area contributed by atoms with Gasteiger partial charge in [-0.2, -0.15) is 0 Å². The molecule has 0 amide bonds. The van der Waals surface area contributed by atoms with Gasteiger partial charge in [0.1, 0.15) is 6.10 Å². The Morgan fingerprint density at radius 3 is 1.32 bits per heavy atom. The molecular formula is C37H76O3. The molecule has 2 atom stereocenters. The van der Waals surface area contributed by atoms with Crippen LogP contribution in [0.4, 0.5) is 0 Å². The summed E-state index contributed by atoms with van der Waals surface area (Å²) in [4.78, 5) is 0. The summed E-state index contributed by atoms with van der Waals surface area (Å²) in [5, 5.41) is 9.60. The zero-order chi connectivity index (χ0) is 29.4. The number of aliphatic hydroxyl groups is 1. The number of rotatable bonds is 34. The van der Waals surface area contributed by atoms with Gasteiger partial charge in [0.2, 0.25) is 0 Å². The van der Waals surface area contributed by atoms with Crippen molar-refractivity contribution in [1.82, 2.24) is 0 Å². The van der Waals surface area contributed by atoms with Gasteiger partial charge in [-0.25, -0.2) is 0 Å². The molecule has 0 fully saturated rings. The minimum atomic E-state index is -0.155. The molecule has 3 nitrogen and oxygen atoms in total. The van der Waals surface area contributed by atoms with Crippen LogP contribution in [0.25, 0.3) is 0 Å². The normalized spacial score (nSPS) is 13.3. The maximum Gasteiger partial charge on any atom is 0.104 e. The van der Waals surface area contributed by atoms with Crippen molar-refractivity contribution in [3.63, 3.8) is 0 Å². The van der Waals surface area contributed by atoms with Gasteiger partial charge in [0, 0.05) is 13.2 Å². The molecule has 0 aromatic rings. The van der Waals surface area contributed by atoms with Gasteiger partial charge in [0.15, 0.2) is 0 Å². The quantitative estimate of drug-likeness (QED) is 0.0784. The third-order valence-electron chi connectivity index (χ3n) is 8.57. The van der Waals surface area contributed by atoms with Gasteiger partial charge in [-0.1, -0.05) is 182 Å². The second-order valence-corrected chi connectivity index (χ2v) is 13.4. The topological polar surface area (TPSA) is 38.7 Å². The lowest BCUT2D eigenvalue weighted by Crippen LogP contribution is -2.24. The molecule has 0 unspecified atom stereocenters. The van der Waals surface area contributed by atoms with E-state index < -0.39 is 0 Å². The van der Waals surface area contributed by atoms with Gasteiger partial charge in [-0.15, -0.1) is 0 Å². The molecule has 0 rings (SSSR count). The largest absolute Gasteiger partial charge is 0.394 e. The van der Waals surface area contributed by atoms with E-state index in [0.29, 0.717) is 6.61 Å². The van der Waals surface area contributed by atoms with Gasteiger partial charge < -0.3 is 14.6 Å². The highest BCUT2D eigenvalue weighted by Crippen LogP contribution is 2.19. The zero-order valence-electron chi connectivity index (χ0n) is 28.2. The highest BCUT2D eigenvalue weighted by atomic mass is 16.5. The molecule has 0 aromatic heterocycles. The third kappa shape index (κ3) is 32.4. The van der Waals surface area contributed by atoms with Crippen LogP contribution in [0.3, 0.4) is 0 Å². The standard InChI is InChI=1S/C37H76O3/c1-5-6-7-8-9-10-11-12-13-14-15-16-21-27-32-40-37(33-38)34-39-31-26-22-20-25-30-36(4)29-24-19-17-18-23-28-35(2)3/h35-38H,5-34H2,1-4H3/t36-,37+/m1/s1. The number of unbranched alkanes of at least 4 members (excludes halogenated alkanes) is 20. The Hall–Kier alpha value is -0.120. The molecule has 0 aliphatic carbocycles. The number of hydrogen-bond acceptors (Lipinski definition) is 3. The van der Waals surface area contributed by atoms with E-state index in [0.717, 1.165) is 37.9 Å². The van der Waals surface area contributed by atoms with Gasteiger partial charge in [-0.05, 0) is 24.7 Å². The van der Waals surface area contributed by atoms with Crippen molar-refractivity contribution < 1.29 is 14.6 Å². The summed E-state index contributed by atoms with van der Waals surface area (Å²) in [5.74, 6) is 1.75. The van der Waals surface area contributed by atoms with Crippen molar-refractivity contribution in [3.05, 3.63) is 0 Å². The highest BCUT2D eigenvalue weighted by molar-refractivity contribution is 4.58. The predicted molar refractivity (Wildman–Crippen MR) is 177 cm³/mol. The van der Waals surface area contributed by atoms with Crippen LogP contribution in [-0.2, 0) is 9.47 Å². The smallest absolute Gasteiger partial charge is 0.104 e. The minimum Gasteiger partial charge on any atom is -0.394 e. The Kier molecular flexibility index (Phi) is 33.3. The van der Waals surface area contributed by atoms with E-state index >= 15 is 0 Å². The van der Waals surface area contributed by atoms with Crippen LogP contribution < -0.4 is 0 Å². The minimum absolute atomic E-state index is 0.0639. The van der Waals surface area contributed by atoms with Crippen LogP contribution in [0.5, 0.6) is 0 Å². The molecule has 0 saturated carbocycles. The molecule has 0 heterocycles. The lowest BCUT2D eigenvalue weighted by Gasteiger charge is -2.16. The van der Waals surface area contributed by atoms with Gasteiger partial charge >= 0.3 is 0 Å². The van der Waals surface area contributed by atoms with Crippen LogP contribution in [0.1, 0.15) is 195 Å². The fourth-order valence-corrected chi connectivity index (χ4v) is 5.69. The Balaban J connectivity index is 3.35. The predicted octanol–water partition coefficient (Wildman–Crippen LogP) is 11.8. The maximum atomic E-state index is 9.60. The molecular weight excluding hydrogens is 492 g/mol. The summed E-state index contributed by atoms with van der Waals surface area (Å²) in [7, 11) is 0. The molecule has 0 aromatic carbocycles. The summed E-state index contributed by atoms with van der Waals surface area (Å²) in [6, 6.07) is 0. The molecule has 0 aliphatic heterocycles. The van der Waals surface area contributed by atoms with Crippen molar-refractivity contribution in [2.45, 2.75) is 201 Å². The second-order valence-electron chi connectivity index (χ2n) is 13.4. The Morgan fingerprint density at radius 1 is 0.475 bits per heavy atom. The van der Waals surface area contributed by atoms with Crippen LogP contribution in [0.2, 0.25) is 0 Å². The first-order valence-electron chi connectivity index (χ1n) is 18.4. The Bertz CT molecular complexity index is 453. The van der Waals surface area contributed by atoms with Gasteiger partial charge in [0.05, 0.1) is 13.2 Å². The summed E-state index contributed by atoms with van der Waals surface area (Å²) >= 11 is 0. The Morgan fingerprint density at radius 2 is 0.875 bits per heavy atom. The summed E-state index contributed by atoms with van der Waals surface area (Å²) in [6.45, 7) is 11.5. The van der Waals surface area contributed by atoms with Crippen molar-refractivity contribution in [2.24, 2.45) is 11.8 Å². The molecule has 0 aliphatic rings. The van der Waals surface area contributed by atoms with Gasteiger partial charge in [-0.3, -0.25) is 0 Å². The third-order valence-corrected chi connectivity index (χ3v) is 8.57. The lowest BCUT2D eigenvalue weighted by atomic mass is 9.96. The van der Waals surface area contributed by atoms with Crippen LogP contribution in [-0.4, -0.2) is 37.6 Å². The Labute approximate surface area is 253 Å². The van der Waals surface area contributed by atoms with Crippen LogP contribution >= 0.6 is 0 Å². The first kappa shape index (κ1) is 39.9. The number of ether oxygens (including phenoxy) is 2. The molecule has 0 saturated heterocycles. The van der Waals surface area contributed by atoms with E-state index in [1.807, 2.05) is 0 Å². The van der Waals surface area contributed by atoms with Crippen molar-refractivity contribution >= 4 is 0 Å². The molecule has 0 spiro atoms. The first-order chi connectivity index (χ1) is 19.6. The van der Waals surface area contributed by atoms with Crippen LogP contribution in [0.15, 0.2) is 0 Å². The number of hydrogen-bond donors (Lipinski definition) is 1. The maximum absolute atomic E-state index is 9.60. The summed E-state index contributed by atoms with van der Waals surface area (Å²) in [5.41, 5.74) is 0. The lowest BCUT2D eigenvalue weighted by molar-refractivity contribution is -0.0437. The van der Waals surface area contributed by atoms with E-state index in [-0.39, 0.29) is 12.7 Å². The van der Waals surface area contributed by atoms with Crippen molar-refractivity contribution in [2.75, 3.05) is 26.4 Å². The first-order valence-corrected chi connectivity index (χ1v) is 18.4. The van der Waals surface area contributed by atoms with E-state index in [4.69, 9.17) is 9.47 Å². The molecule has 0 radical (unpaired) electrons. The van der Waals surface area contributed by atoms with E-state index in [2.05, 4.69) is 27.7 Å². The van der Waals surface area contributed by atoms with E-state index in [1.54, 1.807) is 0 Å². The molecule has 242 valence electrons. The van der Waals surface area contributed by atoms with Gasteiger partial charge in [0.25, 0.3) is 0 Å². The fourth-order valence-electron chi connectivity index (χ4n) is 5.69. The SMILES string of the molecule is CCCCCCCCCCCCCCCCO[C@@H](CO)COCCCCCC[C@H](C)CCCCCCCC(C)C. The zero-order valence-corrected chi connectivity index (χ0v) is 28.2. The average Bonchev–Trinajstić information content (AvgIpc) is 2.94. The van der Waals surface area contributed by atoms with E-state index in [9.17, 15) is 5.11 Å². The monoisotopic (exact) mass is 569 g/mol. The molecule has 0 bridgehead atoms. The van der Waals surface area contributed by atoms with Crippen LogP contribution in [0, 0.1) is 11.8 Å². The van der Waals surface area contributed by atoms with Crippen molar-refractivity contribution in [1.29, 1.82) is 0 Å².